The molecule has 0 bridgehead atoms. The van der Waals surface area contributed by atoms with Gasteiger partial charge in [0.25, 0.3) is 0 Å². The van der Waals surface area contributed by atoms with Gasteiger partial charge in [0.15, 0.2) is 0 Å². The van der Waals surface area contributed by atoms with Crippen molar-refractivity contribution in [3.8, 4) is 0 Å². The highest BCUT2D eigenvalue weighted by Gasteiger charge is 2.11. The molecule has 4 N–H and O–H groups in total. The van der Waals surface area contributed by atoms with Crippen LogP contribution in [0.5, 0.6) is 0 Å². The Kier molecular flexibility index (Phi) is 9.23. The van der Waals surface area contributed by atoms with Crippen LogP contribution in [0.3, 0.4) is 0 Å². The Bertz CT molecular complexity index is 119. The molecule has 0 fully saturated rings. The zero-order valence-corrected chi connectivity index (χ0v) is 8.85. The van der Waals surface area contributed by atoms with E-state index >= 15 is 0 Å². The van der Waals surface area contributed by atoms with Crippen LogP contribution in [-0.4, -0.2) is 67.2 Å². The summed E-state index contributed by atoms with van der Waals surface area (Å²) in [7, 11) is 0. The standard InChI is InChI=1S/C9H22N2O3/c1-2-14-9(7-10)8-11(3-5-12)4-6-13/h9,12-13H,2-8,10H2,1H3. The quantitative estimate of drug-likeness (QED) is 0.434. The highest BCUT2D eigenvalue weighted by atomic mass is 16.5. The lowest BCUT2D eigenvalue weighted by molar-refractivity contribution is 0.0308. The Morgan fingerprint density at radius 3 is 2.21 bits per heavy atom. The lowest BCUT2D eigenvalue weighted by Crippen LogP contribution is -2.40. The number of rotatable bonds is 9. The number of aliphatic hydroxyl groups is 2. The number of ether oxygens (including phenoxy) is 1. The molecule has 0 aromatic heterocycles. The molecule has 0 aromatic carbocycles. The predicted molar refractivity (Wildman–Crippen MR) is 55.1 cm³/mol. The van der Waals surface area contributed by atoms with E-state index in [0.717, 1.165) is 0 Å². The van der Waals surface area contributed by atoms with Crippen molar-refractivity contribution in [3.05, 3.63) is 0 Å². The van der Waals surface area contributed by atoms with Crippen LogP contribution in [0.1, 0.15) is 6.92 Å². The van der Waals surface area contributed by atoms with Crippen LogP contribution in [-0.2, 0) is 4.74 Å². The number of nitrogens with zero attached hydrogens (tertiary/aromatic N) is 1. The van der Waals surface area contributed by atoms with Crippen molar-refractivity contribution in [1.29, 1.82) is 0 Å². The number of hydrogen-bond donors (Lipinski definition) is 3. The van der Waals surface area contributed by atoms with Crippen LogP contribution < -0.4 is 5.73 Å². The van der Waals surface area contributed by atoms with E-state index in [1.165, 1.54) is 0 Å². The van der Waals surface area contributed by atoms with E-state index < -0.39 is 0 Å². The van der Waals surface area contributed by atoms with Gasteiger partial charge >= 0.3 is 0 Å². The summed E-state index contributed by atoms with van der Waals surface area (Å²) < 4.78 is 5.38. The molecule has 86 valence electrons. The van der Waals surface area contributed by atoms with Crippen molar-refractivity contribution in [1.82, 2.24) is 4.90 Å². The Balaban J connectivity index is 3.83. The number of hydrogen-bond acceptors (Lipinski definition) is 5. The molecule has 0 spiro atoms. The predicted octanol–water partition coefficient (Wildman–Crippen LogP) is -1.36. The minimum atomic E-state index is -0.0156. The minimum absolute atomic E-state index is 0.0156. The van der Waals surface area contributed by atoms with E-state index in [1.807, 2.05) is 11.8 Å². The van der Waals surface area contributed by atoms with Crippen molar-refractivity contribution in [3.63, 3.8) is 0 Å². The first-order chi connectivity index (χ1) is 6.78. The largest absolute Gasteiger partial charge is 0.395 e. The topological polar surface area (TPSA) is 79.0 Å². The van der Waals surface area contributed by atoms with Crippen molar-refractivity contribution in [2.45, 2.75) is 13.0 Å². The van der Waals surface area contributed by atoms with E-state index in [1.54, 1.807) is 0 Å². The van der Waals surface area contributed by atoms with Crippen molar-refractivity contribution < 1.29 is 14.9 Å². The molecule has 0 radical (unpaired) electrons. The molecule has 5 nitrogen and oxygen atoms in total. The Labute approximate surface area is 85.5 Å². The summed E-state index contributed by atoms with van der Waals surface area (Å²) in [6.45, 7) is 4.94. The van der Waals surface area contributed by atoms with Gasteiger partial charge in [0.1, 0.15) is 0 Å². The molecule has 0 aliphatic heterocycles. The highest BCUT2D eigenvalue weighted by molar-refractivity contribution is 4.66. The summed E-state index contributed by atoms with van der Waals surface area (Å²) >= 11 is 0. The lowest BCUT2D eigenvalue weighted by Gasteiger charge is -2.25. The minimum Gasteiger partial charge on any atom is -0.395 e. The first-order valence-corrected chi connectivity index (χ1v) is 5.04. The van der Waals surface area contributed by atoms with Crippen molar-refractivity contribution >= 4 is 0 Å². The van der Waals surface area contributed by atoms with Gasteiger partial charge in [0.2, 0.25) is 0 Å². The van der Waals surface area contributed by atoms with Crippen LogP contribution in [0.4, 0.5) is 0 Å². The molecule has 0 aliphatic rings. The molecule has 0 heterocycles. The van der Waals surface area contributed by atoms with Gasteiger partial charge in [-0.15, -0.1) is 0 Å². The molecule has 1 atom stereocenters. The van der Waals surface area contributed by atoms with E-state index in [-0.39, 0.29) is 19.3 Å². The summed E-state index contributed by atoms with van der Waals surface area (Å²) in [5.41, 5.74) is 5.52. The van der Waals surface area contributed by atoms with E-state index in [9.17, 15) is 0 Å². The first-order valence-electron chi connectivity index (χ1n) is 5.04. The molecule has 0 amide bonds. The van der Waals surface area contributed by atoms with Gasteiger partial charge in [-0.3, -0.25) is 4.90 Å². The molecule has 0 aliphatic carbocycles. The molecule has 0 saturated carbocycles. The third kappa shape index (κ3) is 6.28. The molecule has 5 heteroatoms. The van der Waals surface area contributed by atoms with Crippen molar-refractivity contribution in [2.24, 2.45) is 5.73 Å². The van der Waals surface area contributed by atoms with E-state index in [2.05, 4.69) is 0 Å². The number of aliphatic hydroxyl groups excluding tert-OH is 2. The van der Waals surface area contributed by atoms with Gasteiger partial charge in [-0.05, 0) is 6.92 Å². The Morgan fingerprint density at radius 1 is 1.29 bits per heavy atom. The van der Waals surface area contributed by atoms with Gasteiger partial charge in [-0.2, -0.15) is 0 Å². The summed E-state index contributed by atoms with van der Waals surface area (Å²) in [6.07, 6.45) is -0.0156. The maximum absolute atomic E-state index is 8.78. The van der Waals surface area contributed by atoms with Crippen LogP contribution in [0.2, 0.25) is 0 Å². The van der Waals surface area contributed by atoms with Gasteiger partial charge in [0.05, 0.1) is 19.3 Å². The third-order valence-electron chi connectivity index (χ3n) is 1.96. The average molecular weight is 206 g/mol. The van der Waals surface area contributed by atoms with Gasteiger partial charge in [-0.1, -0.05) is 0 Å². The van der Waals surface area contributed by atoms with E-state index in [4.69, 9.17) is 20.7 Å². The summed E-state index contributed by atoms with van der Waals surface area (Å²) in [5, 5.41) is 17.6. The average Bonchev–Trinajstić information content (AvgIpc) is 2.18. The monoisotopic (exact) mass is 206 g/mol. The lowest BCUT2D eigenvalue weighted by atomic mass is 10.3. The summed E-state index contributed by atoms with van der Waals surface area (Å²) in [6, 6.07) is 0. The zero-order chi connectivity index (χ0) is 10.8. The molecular formula is C9H22N2O3. The molecule has 1 unspecified atom stereocenters. The molecule has 0 rings (SSSR count). The van der Waals surface area contributed by atoms with Gasteiger partial charge in [0, 0.05) is 32.8 Å². The maximum Gasteiger partial charge on any atom is 0.0823 e. The zero-order valence-electron chi connectivity index (χ0n) is 8.85. The second-order valence-corrected chi connectivity index (χ2v) is 3.06. The molecule has 0 saturated heterocycles. The summed E-state index contributed by atoms with van der Waals surface area (Å²) in [5.74, 6) is 0. The van der Waals surface area contributed by atoms with E-state index in [0.29, 0.717) is 32.8 Å². The highest BCUT2D eigenvalue weighted by Crippen LogP contribution is 1.95. The van der Waals surface area contributed by atoms with Crippen LogP contribution in [0, 0.1) is 0 Å². The normalized spacial score (nSPS) is 13.5. The molecule has 0 aromatic rings. The Hall–Kier alpha value is -0.200. The van der Waals surface area contributed by atoms with Gasteiger partial charge in [-0.25, -0.2) is 0 Å². The fourth-order valence-electron chi connectivity index (χ4n) is 1.30. The third-order valence-corrected chi connectivity index (χ3v) is 1.96. The smallest absolute Gasteiger partial charge is 0.0823 e. The molecular weight excluding hydrogens is 184 g/mol. The number of nitrogens with two attached hydrogens (primary N) is 1. The molecule has 14 heavy (non-hydrogen) atoms. The fourth-order valence-corrected chi connectivity index (χ4v) is 1.30. The second-order valence-electron chi connectivity index (χ2n) is 3.06. The summed E-state index contributed by atoms with van der Waals surface area (Å²) in [4.78, 5) is 1.94. The second kappa shape index (κ2) is 9.36. The van der Waals surface area contributed by atoms with Crippen LogP contribution in [0.15, 0.2) is 0 Å². The Morgan fingerprint density at radius 2 is 1.86 bits per heavy atom. The van der Waals surface area contributed by atoms with Crippen LogP contribution >= 0.6 is 0 Å². The van der Waals surface area contributed by atoms with Gasteiger partial charge < -0.3 is 20.7 Å². The fraction of sp³-hybridized carbons (Fsp3) is 1.00. The SMILES string of the molecule is CCOC(CN)CN(CCO)CCO. The van der Waals surface area contributed by atoms with Crippen LogP contribution in [0.25, 0.3) is 0 Å². The first kappa shape index (κ1) is 13.8. The maximum atomic E-state index is 8.78. The van der Waals surface area contributed by atoms with Crippen molar-refractivity contribution in [2.75, 3.05) is 46.0 Å².